The van der Waals surface area contributed by atoms with Crippen molar-refractivity contribution >= 4 is 24.0 Å². The summed E-state index contributed by atoms with van der Waals surface area (Å²) in [6.07, 6.45) is 3.22. The van der Waals surface area contributed by atoms with E-state index in [9.17, 15) is 18.8 Å². The van der Waals surface area contributed by atoms with Crippen molar-refractivity contribution in [1.29, 1.82) is 0 Å². The summed E-state index contributed by atoms with van der Waals surface area (Å²) in [5.41, 5.74) is 0.257. The van der Waals surface area contributed by atoms with Crippen molar-refractivity contribution in [2.24, 2.45) is 0 Å². The number of benzene rings is 1. The van der Waals surface area contributed by atoms with Gasteiger partial charge in [-0.3, -0.25) is 4.79 Å². The molecule has 0 spiro atoms. The van der Waals surface area contributed by atoms with Gasteiger partial charge in [0.1, 0.15) is 5.82 Å². The second-order valence-corrected chi connectivity index (χ2v) is 5.99. The van der Waals surface area contributed by atoms with E-state index in [0.29, 0.717) is 32.5 Å². The van der Waals surface area contributed by atoms with Gasteiger partial charge in [0.25, 0.3) is 5.91 Å². The van der Waals surface area contributed by atoms with Crippen LogP contribution in [-0.4, -0.2) is 55.2 Å². The Balaban J connectivity index is 1.68. The van der Waals surface area contributed by atoms with Crippen LogP contribution in [0.15, 0.2) is 30.3 Å². The molecule has 0 unspecified atom stereocenters. The van der Waals surface area contributed by atoms with Gasteiger partial charge in [0.05, 0.1) is 6.61 Å². The van der Waals surface area contributed by atoms with Crippen molar-refractivity contribution < 1.29 is 28.2 Å². The fourth-order valence-corrected chi connectivity index (χ4v) is 2.64. The lowest BCUT2D eigenvalue weighted by Gasteiger charge is -2.31. The molecule has 0 bridgehead atoms. The maximum atomic E-state index is 13.4. The molecular weight excluding hydrogens is 355 g/mol. The number of carbonyl (C=O) groups excluding carboxylic acids is 3. The third kappa shape index (κ3) is 6.73. The van der Waals surface area contributed by atoms with E-state index in [1.165, 1.54) is 18.2 Å². The van der Waals surface area contributed by atoms with E-state index in [2.05, 4.69) is 5.32 Å². The smallest absolute Gasteiger partial charge is 0.409 e. The Hall–Kier alpha value is -2.90. The fraction of sp³-hybridized carbons (Fsp3) is 0.421. The molecule has 0 radical (unpaired) electrons. The van der Waals surface area contributed by atoms with E-state index < -0.39 is 24.3 Å². The molecule has 7 nitrogen and oxygen atoms in total. The Labute approximate surface area is 157 Å². The number of nitrogens with one attached hydrogen (secondary N) is 1. The molecule has 27 heavy (non-hydrogen) atoms. The molecule has 1 aliphatic rings. The van der Waals surface area contributed by atoms with E-state index in [4.69, 9.17) is 9.47 Å². The monoisotopic (exact) mass is 378 g/mol. The highest BCUT2D eigenvalue weighted by Crippen LogP contribution is 2.11. The zero-order valence-corrected chi connectivity index (χ0v) is 15.2. The van der Waals surface area contributed by atoms with Crippen molar-refractivity contribution in [3.63, 3.8) is 0 Å². The first-order valence-corrected chi connectivity index (χ1v) is 8.80. The van der Waals surface area contributed by atoms with Crippen molar-refractivity contribution in [1.82, 2.24) is 10.2 Å². The average molecular weight is 378 g/mol. The van der Waals surface area contributed by atoms with Gasteiger partial charge in [-0.05, 0) is 31.9 Å². The van der Waals surface area contributed by atoms with Gasteiger partial charge in [-0.2, -0.15) is 0 Å². The van der Waals surface area contributed by atoms with Crippen molar-refractivity contribution in [2.75, 3.05) is 26.3 Å². The molecular formula is C19H23FN2O5. The van der Waals surface area contributed by atoms with Gasteiger partial charge in [0, 0.05) is 30.8 Å². The maximum absolute atomic E-state index is 13.4. The van der Waals surface area contributed by atoms with Crippen molar-refractivity contribution in [3.05, 3.63) is 41.7 Å². The molecule has 1 saturated heterocycles. The third-order valence-electron chi connectivity index (χ3n) is 4.04. The number of esters is 1. The van der Waals surface area contributed by atoms with E-state index >= 15 is 0 Å². The van der Waals surface area contributed by atoms with Gasteiger partial charge in [-0.15, -0.1) is 0 Å². The van der Waals surface area contributed by atoms with Crippen LogP contribution >= 0.6 is 0 Å². The first-order valence-electron chi connectivity index (χ1n) is 8.80. The number of hydrogen-bond donors (Lipinski definition) is 1. The number of nitrogens with zero attached hydrogens (tertiary/aromatic N) is 1. The highest BCUT2D eigenvalue weighted by Gasteiger charge is 2.24. The molecule has 0 aromatic heterocycles. The second-order valence-electron chi connectivity index (χ2n) is 5.99. The number of rotatable bonds is 6. The number of halogens is 1. The summed E-state index contributed by atoms with van der Waals surface area (Å²) in [4.78, 5) is 36.7. The molecule has 1 heterocycles. The van der Waals surface area contributed by atoms with E-state index in [1.807, 2.05) is 0 Å². The summed E-state index contributed by atoms with van der Waals surface area (Å²) >= 11 is 0. The molecule has 8 heteroatoms. The van der Waals surface area contributed by atoms with Gasteiger partial charge in [0.15, 0.2) is 6.61 Å². The van der Waals surface area contributed by atoms with Crippen LogP contribution in [0.1, 0.15) is 25.3 Å². The van der Waals surface area contributed by atoms with Crippen LogP contribution in [-0.2, 0) is 19.1 Å². The van der Waals surface area contributed by atoms with E-state index in [0.717, 1.165) is 6.08 Å². The zero-order valence-electron chi connectivity index (χ0n) is 15.2. The Morgan fingerprint density at radius 2 is 1.93 bits per heavy atom. The highest BCUT2D eigenvalue weighted by molar-refractivity contribution is 5.89. The van der Waals surface area contributed by atoms with Crippen LogP contribution in [0.2, 0.25) is 0 Å². The molecule has 2 rings (SSSR count). The van der Waals surface area contributed by atoms with Gasteiger partial charge >= 0.3 is 12.1 Å². The molecule has 1 aromatic carbocycles. The SMILES string of the molecule is CCOC(=O)N1CCC(NC(=O)COC(=O)/C=C/c2ccccc2F)CC1. The van der Waals surface area contributed by atoms with Crippen LogP contribution in [0.25, 0.3) is 6.08 Å². The fourth-order valence-electron chi connectivity index (χ4n) is 2.64. The summed E-state index contributed by atoms with van der Waals surface area (Å²) < 4.78 is 23.2. The van der Waals surface area contributed by atoms with E-state index in [1.54, 1.807) is 24.0 Å². The van der Waals surface area contributed by atoms with Gasteiger partial charge < -0.3 is 19.7 Å². The minimum atomic E-state index is -0.731. The summed E-state index contributed by atoms with van der Waals surface area (Å²) in [6, 6.07) is 5.91. The summed E-state index contributed by atoms with van der Waals surface area (Å²) in [5.74, 6) is -1.60. The Morgan fingerprint density at radius 3 is 2.59 bits per heavy atom. The highest BCUT2D eigenvalue weighted by atomic mass is 19.1. The lowest BCUT2D eigenvalue weighted by atomic mass is 10.1. The number of ether oxygens (including phenoxy) is 2. The minimum Gasteiger partial charge on any atom is -0.452 e. The largest absolute Gasteiger partial charge is 0.452 e. The van der Waals surface area contributed by atoms with Crippen LogP contribution in [0.4, 0.5) is 9.18 Å². The summed E-state index contributed by atoms with van der Waals surface area (Å²) in [7, 11) is 0. The van der Waals surface area contributed by atoms with Crippen molar-refractivity contribution in [3.8, 4) is 0 Å². The lowest BCUT2D eigenvalue weighted by Crippen LogP contribution is -2.47. The first-order chi connectivity index (χ1) is 13.0. The topological polar surface area (TPSA) is 84.9 Å². The number of hydrogen-bond acceptors (Lipinski definition) is 5. The number of amides is 2. The Morgan fingerprint density at radius 1 is 1.22 bits per heavy atom. The third-order valence-corrected chi connectivity index (χ3v) is 4.04. The maximum Gasteiger partial charge on any atom is 0.409 e. The summed E-state index contributed by atoms with van der Waals surface area (Å²) in [5, 5.41) is 2.77. The normalized spacial score (nSPS) is 14.8. The van der Waals surface area contributed by atoms with Crippen LogP contribution < -0.4 is 5.32 Å². The van der Waals surface area contributed by atoms with Crippen LogP contribution in [0.5, 0.6) is 0 Å². The molecule has 146 valence electrons. The van der Waals surface area contributed by atoms with Crippen LogP contribution in [0, 0.1) is 5.82 Å². The lowest BCUT2D eigenvalue weighted by molar-refractivity contribution is -0.144. The molecule has 0 atom stereocenters. The van der Waals surface area contributed by atoms with Gasteiger partial charge in [0.2, 0.25) is 0 Å². The number of piperidine rings is 1. The summed E-state index contributed by atoms with van der Waals surface area (Å²) in [6.45, 7) is 2.65. The van der Waals surface area contributed by atoms with Crippen LogP contribution in [0.3, 0.4) is 0 Å². The molecule has 2 amide bonds. The first kappa shape index (κ1) is 20.4. The van der Waals surface area contributed by atoms with Gasteiger partial charge in [-0.25, -0.2) is 14.0 Å². The standard InChI is InChI=1S/C19H23FN2O5/c1-2-26-19(25)22-11-9-15(10-12-22)21-17(23)13-27-18(24)8-7-14-5-3-4-6-16(14)20/h3-8,15H,2,9-13H2,1H3,(H,21,23)/b8-7+. The molecule has 1 fully saturated rings. The molecule has 0 saturated carbocycles. The predicted octanol–water partition coefficient (Wildman–Crippen LogP) is 2.12. The molecule has 1 aromatic rings. The Kier molecular flexibility index (Phi) is 7.79. The van der Waals surface area contributed by atoms with E-state index in [-0.39, 0.29) is 17.7 Å². The molecule has 0 aliphatic carbocycles. The number of likely N-dealkylation sites (tertiary alicyclic amines) is 1. The van der Waals surface area contributed by atoms with Gasteiger partial charge in [-0.1, -0.05) is 18.2 Å². The molecule has 1 N–H and O–H groups in total. The Bertz CT molecular complexity index is 699. The second kappa shape index (κ2) is 10.3. The molecule has 1 aliphatic heterocycles. The predicted molar refractivity (Wildman–Crippen MR) is 96.2 cm³/mol. The zero-order chi connectivity index (χ0) is 19.6. The minimum absolute atomic E-state index is 0.0872. The van der Waals surface area contributed by atoms with Crippen molar-refractivity contribution in [2.45, 2.75) is 25.8 Å². The number of carbonyl (C=O) groups is 3. The average Bonchev–Trinajstić information content (AvgIpc) is 2.66. The quantitative estimate of drug-likeness (QED) is 0.605.